The Morgan fingerprint density at radius 1 is 1.20 bits per heavy atom. The second kappa shape index (κ2) is 6.23. The first kappa shape index (κ1) is 14.1. The molecule has 0 fully saturated rings. The van der Waals surface area contributed by atoms with Crippen molar-refractivity contribution in [1.29, 1.82) is 0 Å². The molecule has 0 spiro atoms. The molecule has 0 unspecified atom stereocenters. The summed E-state index contributed by atoms with van der Waals surface area (Å²) < 4.78 is 0. The van der Waals surface area contributed by atoms with Crippen LogP contribution in [-0.2, 0) is 4.79 Å². The van der Waals surface area contributed by atoms with Crippen LogP contribution in [0.15, 0.2) is 30.5 Å². The molecule has 0 aliphatic rings. The van der Waals surface area contributed by atoms with Crippen LogP contribution in [0.2, 0.25) is 0 Å². The van der Waals surface area contributed by atoms with Crippen molar-refractivity contribution in [3.63, 3.8) is 0 Å². The number of aromatic nitrogens is 1. The summed E-state index contributed by atoms with van der Waals surface area (Å²) in [4.78, 5) is 28.6. The van der Waals surface area contributed by atoms with Gasteiger partial charge in [-0.05, 0) is 38.1 Å². The van der Waals surface area contributed by atoms with Gasteiger partial charge in [-0.25, -0.2) is 0 Å². The summed E-state index contributed by atoms with van der Waals surface area (Å²) >= 11 is 0. The number of carbonyl (C=O) groups excluding carboxylic acids is 2. The number of hydrogen-bond acceptors (Lipinski definition) is 2. The lowest BCUT2D eigenvalue weighted by molar-refractivity contribution is -0.129. The molecule has 106 valence electrons. The Morgan fingerprint density at radius 3 is 2.65 bits per heavy atom. The van der Waals surface area contributed by atoms with Crippen LogP contribution in [0.3, 0.4) is 0 Å². The van der Waals surface area contributed by atoms with Crippen molar-refractivity contribution < 1.29 is 9.59 Å². The van der Waals surface area contributed by atoms with Crippen LogP contribution in [-0.4, -0.2) is 41.3 Å². The molecule has 2 rings (SSSR count). The average Bonchev–Trinajstić information content (AvgIpc) is 2.93. The summed E-state index contributed by atoms with van der Waals surface area (Å²) in [6, 6.07) is 7.32. The largest absolute Gasteiger partial charge is 0.361 e. The Morgan fingerprint density at radius 2 is 1.95 bits per heavy atom. The molecule has 1 aromatic heterocycles. The number of likely N-dealkylation sites (N-methyl/N-ethyl adjacent to an activating group) is 1. The van der Waals surface area contributed by atoms with Crippen LogP contribution in [0.1, 0.15) is 24.2 Å². The molecule has 5 nitrogen and oxygen atoms in total. The lowest BCUT2D eigenvalue weighted by atomic mass is 10.1. The summed E-state index contributed by atoms with van der Waals surface area (Å²) in [5, 5.41) is 3.64. The van der Waals surface area contributed by atoms with Crippen LogP contribution in [0.4, 0.5) is 0 Å². The molecule has 2 aromatic rings. The van der Waals surface area contributed by atoms with E-state index in [1.807, 2.05) is 38.2 Å². The van der Waals surface area contributed by atoms with Crippen LogP contribution in [0.25, 0.3) is 10.9 Å². The van der Waals surface area contributed by atoms with E-state index < -0.39 is 0 Å². The zero-order valence-corrected chi connectivity index (χ0v) is 11.8. The summed E-state index contributed by atoms with van der Waals surface area (Å²) in [7, 11) is 0. The van der Waals surface area contributed by atoms with E-state index in [-0.39, 0.29) is 18.4 Å². The quantitative estimate of drug-likeness (QED) is 0.872. The van der Waals surface area contributed by atoms with E-state index in [9.17, 15) is 9.59 Å². The first-order chi connectivity index (χ1) is 9.65. The third-order valence-electron chi connectivity index (χ3n) is 3.33. The fourth-order valence-electron chi connectivity index (χ4n) is 2.14. The molecular weight excluding hydrogens is 254 g/mol. The number of aromatic amines is 1. The van der Waals surface area contributed by atoms with Crippen LogP contribution < -0.4 is 5.32 Å². The van der Waals surface area contributed by atoms with Gasteiger partial charge in [-0.15, -0.1) is 0 Å². The third-order valence-corrected chi connectivity index (χ3v) is 3.33. The van der Waals surface area contributed by atoms with E-state index in [0.29, 0.717) is 18.7 Å². The Labute approximate surface area is 118 Å². The number of benzene rings is 1. The summed E-state index contributed by atoms with van der Waals surface area (Å²) in [6.07, 6.45) is 1.83. The summed E-state index contributed by atoms with van der Waals surface area (Å²) in [6.45, 7) is 5.18. The monoisotopic (exact) mass is 273 g/mol. The Balaban J connectivity index is 1.99. The highest BCUT2D eigenvalue weighted by Crippen LogP contribution is 2.14. The maximum Gasteiger partial charge on any atom is 0.251 e. The zero-order chi connectivity index (χ0) is 14.5. The SMILES string of the molecule is CCN(CC)C(=O)CNC(=O)c1ccc2[nH]ccc2c1. The molecule has 1 heterocycles. The lowest BCUT2D eigenvalue weighted by Gasteiger charge is -2.18. The first-order valence-electron chi connectivity index (χ1n) is 6.78. The number of hydrogen-bond donors (Lipinski definition) is 2. The summed E-state index contributed by atoms with van der Waals surface area (Å²) in [5.41, 5.74) is 1.55. The maximum absolute atomic E-state index is 12.0. The Hall–Kier alpha value is -2.30. The van der Waals surface area contributed by atoms with Crippen molar-refractivity contribution in [1.82, 2.24) is 15.2 Å². The molecule has 2 amide bonds. The Bertz CT molecular complexity index is 614. The number of H-pyrrole nitrogens is 1. The second-order valence-corrected chi connectivity index (χ2v) is 4.53. The van der Waals surface area contributed by atoms with E-state index in [1.54, 1.807) is 11.0 Å². The van der Waals surface area contributed by atoms with E-state index >= 15 is 0 Å². The number of nitrogens with zero attached hydrogens (tertiary/aromatic N) is 1. The molecule has 2 N–H and O–H groups in total. The van der Waals surface area contributed by atoms with Crippen molar-refractivity contribution in [2.24, 2.45) is 0 Å². The topological polar surface area (TPSA) is 65.2 Å². The molecule has 5 heteroatoms. The second-order valence-electron chi connectivity index (χ2n) is 4.53. The van der Waals surface area contributed by atoms with Crippen LogP contribution >= 0.6 is 0 Å². The van der Waals surface area contributed by atoms with Gasteiger partial charge >= 0.3 is 0 Å². The fourth-order valence-corrected chi connectivity index (χ4v) is 2.14. The molecule has 0 bridgehead atoms. The average molecular weight is 273 g/mol. The van der Waals surface area contributed by atoms with Gasteiger partial charge in [0.15, 0.2) is 0 Å². The minimum Gasteiger partial charge on any atom is -0.361 e. The molecule has 0 radical (unpaired) electrons. The molecular formula is C15H19N3O2. The van der Waals surface area contributed by atoms with Crippen LogP contribution in [0.5, 0.6) is 0 Å². The first-order valence-corrected chi connectivity index (χ1v) is 6.78. The molecule has 0 aliphatic carbocycles. The number of carbonyl (C=O) groups is 2. The summed E-state index contributed by atoms with van der Waals surface area (Å²) in [5.74, 6) is -0.292. The van der Waals surface area contributed by atoms with Gasteiger partial charge in [0.05, 0.1) is 6.54 Å². The van der Waals surface area contributed by atoms with Gasteiger partial charge in [-0.3, -0.25) is 9.59 Å². The predicted octanol–water partition coefficient (Wildman–Crippen LogP) is 1.77. The van der Waals surface area contributed by atoms with Crippen LogP contribution in [0, 0.1) is 0 Å². The van der Waals surface area contributed by atoms with Crippen molar-refractivity contribution in [3.8, 4) is 0 Å². The maximum atomic E-state index is 12.0. The van der Waals surface area contributed by atoms with Crippen molar-refractivity contribution in [2.45, 2.75) is 13.8 Å². The van der Waals surface area contributed by atoms with E-state index in [0.717, 1.165) is 10.9 Å². The smallest absolute Gasteiger partial charge is 0.251 e. The fraction of sp³-hybridized carbons (Fsp3) is 0.333. The van der Waals surface area contributed by atoms with E-state index in [2.05, 4.69) is 10.3 Å². The highest BCUT2D eigenvalue weighted by Gasteiger charge is 2.12. The van der Waals surface area contributed by atoms with Gasteiger partial charge in [0.2, 0.25) is 5.91 Å². The van der Waals surface area contributed by atoms with Crippen molar-refractivity contribution in [3.05, 3.63) is 36.0 Å². The van der Waals surface area contributed by atoms with Gasteiger partial charge in [0, 0.05) is 35.8 Å². The highest BCUT2D eigenvalue weighted by molar-refractivity contribution is 5.99. The van der Waals surface area contributed by atoms with E-state index in [1.165, 1.54) is 0 Å². The zero-order valence-electron chi connectivity index (χ0n) is 11.8. The van der Waals surface area contributed by atoms with Crippen molar-refractivity contribution in [2.75, 3.05) is 19.6 Å². The molecule has 0 saturated heterocycles. The van der Waals surface area contributed by atoms with Gasteiger partial charge < -0.3 is 15.2 Å². The number of fused-ring (bicyclic) bond motifs is 1. The molecule has 0 saturated carbocycles. The van der Waals surface area contributed by atoms with E-state index in [4.69, 9.17) is 0 Å². The number of amides is 2. The molecule has 0 aliphatic heterocycles. The minimum atomic E-state index is -0.228. The minimum absolute atomic E-state index is 0.0334. The highest BCUT2D eigenvalue weighted by atomic mass is 16.2. The van der Waals surface area contributed by atoms with Gasteiger partial charge in [-0.2, -0.15) is 0 Å². The van der Waals surface area contributed by atoms with Crippen molar-refractivity contribution >= 4 is 22.7 Å². The normalized spacial score (nSPS) is 10.5. The Kier molecular flexibility index (Phi) is 4.40. The lowest BCUT2D eigenvalue weighted by Crippen LogP contribution is -2.39. The third kappa shape index (κ3) is 2.99. The number of rotatable bonds is 5. The number of nitrogens with one attached hydrogen (secondary N) is 2. The molecule has 1 aromatic carbocycles. The molecule has 0 atom stereocenters. The predicted molar refractivity (Wildman–Crippen MR) is 78.6 cm³/mol. The standard InChI is InChI=1S/C15H19N3O2/c1-3-18(4-2)14(19)10-17-15(20)12-5-6-13-11(9-12)7-8-16-13/h5-9,16H,3-4,10H2,1-2H3,(H,17,20). The van der Waals surface area contributed by atoms with Gasteiger partial charge in [-0.1, -0.05) is 0 Å². The molecule has 20 heavy (non-hydrogen) atoms. The van der Waals surface area contributed by atoms with Gasteiger partial charge in [0.1, 0.15) is 0 Å². The van der Waals surface area contributed by atoms with Gasteiger partial charge in [0.25, 0.3) is 5.91 Å².